The van der Waals surface area contributed by atoms with Crippen LogP contribution >= 0.6 is 0 Å². The van der Waals surface area contributed by atoms with E-state index in [-0.39, 0.29) is 5.78 Å². The van der Waals surface area contributed by atoms with Crippen LogP contribution in [0.2, 0.25) is 0 Å². The lowest BCUT2D eigenvalue weighted by molar-refractivity contribution is 0.104. The molecule has 0 spiro atoms. The Labute approximate surface area is 135 Å². The summed E-state index contributed by atoms with van der Waals surface area (Å²) in [6.07, 6.45) is 3.30. The van der Waals surface area contributed by atoms with Gasteiger partial charge in [-0.15, -0.1) is 0 Å². The van der Waals surface area contributed by atoms with Gasteiger partial charge in [-0.05, 0) is 31.2 Å². The van der Waals surface area contributed by atoms with Gasteiger partial charge in [-0.25, -0.2) is 4.98 Å². The standard InChI is InChI=1S/C20H17NO2/c1-14-7-9-15(10-8-14)19(22)12-11-17-13-16-5-3-4-6-18(16)21-20(17)23-2/h3-13H,1-2H3. The highest BCUT2D eigenvalue weighted by molar-refractivity contribution is 6.07. The molecule has 3 heteroatoms. The van der Waals surface area contributed by atoms with Gasteiger partial charge in [0, 0.05) is 16.5 Å². The summed E-state index contributed by atoms with van der Waals surface area (Å²) >= 11 is 0. The van der Waals surface area contributed by atoms with Crippen molar-refractivity contribution >= 4 is 22.8 Å². The van der Waals surface area contributed by atoms with Crippen LogP contribution in [0.15, 0.2) is 60.7 Å². The van der Waals surface area contributed by atoms with E-state index in [1.165, 1.54) is 0 Å². The van der Waals surface area contributed by atoms with Crippen LogP contribution in [0.3, 0.4) is 0 Å². The van der Waals surface area contributed by atoms with E-state index in [0.29, 0.717) is 11.4 Å². The Morgan fingerprint density at radius 1 is 1.09 bits per heavy atom. The molecule has 0 fully saturated rings. The maximum absolute atomic E-state index is 12.2. The van der Waals surface area contributed by atoms with Crippen LogP contribution in [0, 0.1) is 6.92 Å². The third kappa shape index (κ3) is 3.29. The number of carbonyl (C=O) groups is 1. The number of aryl methyl sites for hydroxylation is 1. The fourth-order valence-corrected chi connectivity index (χ4v) is 2.38. The molecule has 0 saturated carbocycles. The second-order valence-corrected chi connectivity index (χ2v) is 5.34. The van der Waals surface area contributed by atoms with Gasteiger partial charge in [0.1, 0.15) is 0 Å². The first kappa shape index (κ1) is 15.0. The Morgan fingerprint density at radius 2 is 1.83 bits per heavy atom. The molecule has 0 bridgehead atoms. The molecule has 0 amide bonds. The van der Waals surface area contributed by atoms with Crippen molar-refractivity contribution in [3.63, 3.8) is 0 Å². The number of ketones is 1. The molecule has 0 saturated heterocycles. The molecule has 2 aromatic carbocycles. The van der Waals surface area contributed by atoms with Crippen LogP contribution in [-0.4, -0.2) is 17.9 Å². The Hall–Kier alpha value is -2.94. The van der Waals surface area contributed by atoms with E-state index in [1.807, 2.05) is 61.5 Å². The predicted molar refractivity (Wildman–Crippen MR) is 92.8 cm³/mol. The van der Waals surface area contributed by atoms with E-state index in [0.717, 1.165) is 22.0 Å². The average molecular weight is 303 g/mol. The van der Waals surface area contributed by atoms with Gasteiger partial charge in [-0.3, -0.25) is 4.79 Å². The number of pyridine rings is 1. The number of nitrogens with zero attached hydrogens (tertiary/aromatic N) is 1. The molecule has 0 atom stereocenters. The van der Waals surface area contributed by atoms with Crippen molar-refractivity contribution in [3.8, 4) is 5.88 Å². The first-order valence-corrected chi connectivity index (χ1v) is 7.40. The number of benzene rings is 2. The number of rotatable bonds is 4. The van der Waals surface area contributed by atoms with Gasteiger partial charge in [0.05, 0.1) is 12.6 Å². The molecule has 114 valence electrons. The van der Waals surface area contributed by atoms with Gasteiger partial charge in [0.15, 0.2) is 5.78 Å². The van der Waals surface area contributed by atoms with Crippen LogP contribution in [0.5, 0.6) is 5.88 Å². The number of para-hydroxylation sites is 1. The number of hydrogen-bond donors (Lipinski definition) is 0. The molecule has 0 aliphatic carbocycles. The Bertz CT molecular complexity index is 880. The maximum atomic E-state index is 12.2. The molecule has 3 aromatic rings. The lowest BCUT2D eigenvalue weighted by atomic mass is 10.1. The smallest absolute Gasteiger partial charge is 0.221 e. The van der Waals surface area contributed by atoms with Gasteiger partial charge in [0.2, 0.25) is 5.88 Å². The van der Waals surface area contributed by atoms with Crippen LogP contribution in [0.25, 0.3) is 17.0 Å². The van der Waals surface area contributed by atoms with Gasteiger partial charge < -0.3 is 4.74 Å². The zero-order valence-corrected chi connectivity index (χ0v) is 13.1. The highest BCUT2D eigenvalue weighted by atomic mass is 16.5. The van der Waals surface area contributed by atoms with Gasteiger partial charge in [0.25, 0.3) is 0 Å². The van der Waals surface area contributed by atoms with Crippen molar-refractivity contribution < 1.29 is 9.53 Å². The first-order chi connectivity index (χ1) is 11.2. The molecule has 0 aliphatic rings. The molecule has 0 aliphatic heterocycles. The van der Waals surface area contributed by atoms with Crippen molar-refractivity contribution in [1.29, 1.82) is 0 Å². The third-order valence-corrected chi connectivity index (χ3v) is 3.66. The molecule has 3 nitrogen and oxygen atoms in total. The number of fused-ring (bicyclic) bond motifs is 1. The minimum atomic E-state index is -0.0415. The summed E-state index contributed by atoms with van der Waals surface area (Å²) in [6, 6.07) is 17.3. The lowest BCUT2D eigenvalue weighted by Crippen LogP contribution is -1.95. The molecule has 23 heavy (non-hydrogen) atoms. The van der Waals surface area contributed by atoms with Crippen molar-refractivity contribution in [2.24, 2.45) is 0 Å². The van der Waals surface area contributed by atoms with Crippen molar-refractivity contribution in [2.75, 3.05) is 7.11 Å². The number of hydrogen-bond acceptors (Lipinski definition) is 3. The number of ether oxygens (including phenoxy) is 1. The third-order valence-electron chi connectivity index (χ3n) is 3.66. The molecule has 1 aromatic heterocycles. The Kier molecular flexibility index (Phi) is 4.20. The SMILES string of the molecule is COc1nc2ccccc2cc1C=CC(=O)c1ccc(C)cc1. The fourth-order valence-electron chi connectivity index (χ4n) is 2.38. The summed E-state index contributed by atoms with van der Waals surface area (Å²) in [5.41, 5.74) is 3.45. The van der Waals surface area contributed by atoms with E-state index in [2.05, 4.69) is 4.98 Å². The summed E-state index contributed by atoms with van der Waals surface area (Å²) in [5, 5.41) is 1.01. The van der Waals surface area contributed by atoms with Crippen molar-refractivity contribution in [3.05, 3.63) is 77.4 Å². The zero-order valence-electron chi connectivity index (χ0n) is 13.1. The molecule has 0 N–H and O–H groups in total. The van der Waals surface area contributed by atoms with Gasteiger partial charge in [-0.2, -0.15) is 0 Å². The van der Waals surface area contributed by atoms with E-state index < -0.39 is 0 Å². The van der Waals surface area contributed by atoms with E-state index >= 15 is 0 Å². The first-order valence-electron chi connectivity index (χ1n) is 7.40. The topological polar surface area (TPSA) is 39.2 Å². The molecule has 0 unspecified atom stereocenters. The Balaban J connectivity index is 1.93. The average Bonchev–Trinajstić information content (AvgIpc) is 2.59. The highest BCUT2D eigenvalue weighted by Crippen LogP contribution is 2.23. The molecular formula is C20H17NO2. The van der Waals surface area contributed by atoms with Crippen LogP contribution in [0.4, 0.5) is 0 Å². The van der Waals surface area contributed by atoms with Crippen molar-refractivity contribution in [2.45, 2.75) is 6.92 Å². The summed E-state index contributed by atoms with van der Waals surface area (Å²) in [4.78, 5) is 16.7. The van der Waals surface area contributed by atoms with E-state index in [9.17, 15) is 4.79 Å². The normalized spacial score (nSPS) is 11.0. The predicted octanol–water partition coefficient (Wildman–Crippen LogP) is 4.45. The fraction of sp³-hybridized carbons (Fsp3) is 0.100. The minimum absolute atomic E-state index is 0.0415. The zero-order chi connectivity index (χ0) is 16.2. The van der Waals surface area contributed by atoms with E-state index in [1.54, 1.807) is 19.3 Å². The van der Waals surface area contributed by atoms with E-state index in [4.69, 9.17) is 4.74 Å². The maximum Gasteiger partial charge on any atom is 0.221 e. The number of allylic oxidation sites excluding steroid dienone is 1. The number of carbonyl (C=O) groups excluding carboxylic acids is 1. The second kappa shape index (κ2) is 6.44. The van der Waals surface area contributed by atoms with Gasteiger partial charge >= 0.3 is 0 Å². The monoisotopic (exact) mass is 303 g/mol. The summed E-state index contributed by atoms with van der Waals surface area (Å²) in [6.45, 7) is 2.00. The van der Waals surface area contributed by atoms with Gasteiger partial charge in [-0.1, -0.05) is 48.0 Å². The second-order valence-electron chi connectivity index (χ2n) is 5.34. The van der Waals surface area contributed by atoms with Crippen LogP contribution in [-0.2, 0) is 0 Å². The molecule has 0 radical (unpaired) electrons. The summed E-state index contributed by atoms with van der Waals surface area (Å²) in [5.74, 6) is 0.469. The van der Waals surface area contributed by atoms with Crippen LogP contribution < -0.4 is 4.74 Å². The highest BCUT2D eigenvalue weighted by Gasteiger charge is 2.06. The molecule has 1 heterocycles. The van der Waals surface area contributed by atoms with Crippen molar-refractivity contribution in [1.82, 2.24) is 4.98 Å². The Morgan fingerprint density at radius 3 is 2.57 bits per heavy atom. The molecular weight excluding hydrogens is 286 g/mol. The molecule has 3 rings (SSSR count). The largest absolute Gasteiger partial charge is 0.481 e. The summed E-state index contributed by atoms with van der Waals surface area (Å²) < 4.78 is 5.33. The number of aromatic nitrogens is 1. The minimum Gasteiger partial charge on any atom is -0.481 e. The number of methoxy groups -OCH3 is 1. The quantitative estimate of drug-likeness (QED) is 0.528. The lowest BCUT2D eigenvalue weighted by Gasteiger charge is -2.06. The summed E-state index contributed by atoms with van der Waals surface area (Å²) in [7, 11) is 1.58. The van der Waals surface area contributed by atoms with Crippen LogP contribution in [0.1, 0.15) is 21.5 Å².